The lowest BCUT2D eigenvalue weighted by Gasteiger charge is -2.48. The summed E-state index contributed by atoms with van der Waals surface area (Å²) in [5.41, 5.74) is 1.05. The van der Waals surface area contributed by atoms with Crippen LogP contribution in [0.4, 0.5) is 0 Å². The van der Waals surface area contributed by atoms with Gasteiger partial charge in [-0.2, -0.15) is 0 Å². The van der Waals surface area contributed by atoms with Crippen molar-refractivity contribution < 1.29 is 22.8 Å². The average molecular weight is 397 g/mol. The molecule has 0 unspecified atom stereocenters. The quantitative estimate of drug-likeness (QED) is 0.611. The Labute approximate surface area is 160 Å². The molecular weight excluding hydrogens is 382 g/mol. The van der Waals surface area contributed by atoms with Crippen molar-refractivity contribution in [2.24, 2.45) is 5.14 Å². The van der Waals surface area contributed by atoms with Gasteiger partial charge in [-0.15, -0.1) is 0 Å². The maximum Gasteiger partial charge on any atom is 0.262 e. The summed E-state index contributed by atoms with van der Waals surface area (Å²) in [6, 6.07) is 10.3. The van der Waals surface area contributed by atoms with E-state index in [9.17, 15) is 22.8 Å². The Morgan fingerprint density at radius 1 is 0.893 bits per heavy atom. The zero-order valence-electron chi connectivity index (χ0n) is 14.5. The molecule has 8 nitrogen and oxygen atoms in total. The second-order valence-corrected chi connectivity index (χ2v) is 8.02. The van der Waals surface area contributed by atoms with Crippen molar-refractivity contribution in [3.05, 3.63) is 78.0 Å². The number of nitrogens with two attached hydrogens (primary N) is 1. The first-order valence-corrected chi connectivity index (χ1v) is 9.84. The SMILES string of the molecule is C=CN1C(=O)[C@@H](N2C(=O)c3ccccc3C2=O)[C@H]1c1ccc(S(N)(=O)=O)cc1. The van der Waals surface area contributed by atoms with Crippen LogP contribution in [0.15, 0.2) is 66.2 Å². The van der Waals surface area contributed by atoms with Crippen molar-refractivity contribution in [1.29, 1.82) is 0 Å². The molecule has 4 rings (SSSR count). The molecule has 28 heavy (non-hydrogen) atoms. The summed E-state index contributed by atoms with van der Waals surface area (Å²) in [6.07, 6.45) is 1.31. The van der Waals surface area contributed by atoms with Gasteiger partial charge in [0, 0.05) is 6.20 Å². The smallest absolute Gasteiger partial charge is 0.262 e. The molecule has 0 spiro atoms. The number of β-lactam (4-membered cyclic amide) rings is 1. The molecule has 0 aromatic heterocycles. The highest BCUT2D eigenvalue weighted by atomic mass is 32.2. The van der Waals surface area contributed by atoms with Gasteiger partial charge in [-0.1, -0.05) is 30.8 Å². The van der Waals surface area contributed by atoms with Gasteiger partial charge in [-0.05, 0) is 29.8 Å². The number of amides is 3. The molecule has 0 aliphatic carbocycles. The van der Waals surface area contributed by atoms with E-state index in [1.54, 1.807) is 24.3 Å². The van der Waals surface area contributed by atoms with Gasteiger partial charge in [0.1, 0.15) is 6.04 Å². The van der Waals surface area contributed by atoms with Crippen LogP contribution in [0.5, 0.6) is 0 Å². The van der Waals surface area contributed by atoms with Crippen molar-refractivity contribution in [2.45, 2.75) is 17.0 Å². The van der Waals surface area contributed by atoms with E-state index < -0.39 is 39.8 Å². The minimum atomic E-state index is -3.87. The van der Waals surface area contributed by atoms with E-state index in [2.05, 4.69) is 6.58 Å². The van der Waals surface area contributed by atoms with E-state index in [0.29, 0.717) is 5.56 Å². The highest BCUT2D eigenvalue weighted by Gasteiger charge is 2.56. The summed E-state index contributed by atoms with van der Waals surface area (Å²) in [7, 11) is -3.87. The Bertz CT molecular complexity index is 1110. The molecule has 1 fully saturated rings. The largest absolute Gasteiger partial charge is 0.308 e. The molecule has 1 saturated heterocycles. The van der Waals surface area contributed by atoms with Crippen molar-refractivity contribution >= 4 is 27.7 Å². The predicted molar refractivity (Wildman–Crippen MR) is 98.3 cm³/mol. The molecule has 9 heteroatoms. The van der Waals surface area contributed by atoms with E-state index >= 15 is 0 Å². The highest BCUT2D eigenvalue weighted by Crippen LogP contribution is 2.41. The average Bonchev–Trinajstić information content (AvgIpc) is 2.91. The normalized spacial score (nSPS) is 21.5. The molecule has 2 N–H and O–H groups in total. The molecule has 0 radical (unpaired) electrons. The van der Waals surface area contributed by atoms with E-state index in [-0.39, 0.29) is 16.0 Å². The molecule has 0 saturated carbocycles. The van der Waals surface area contributed by atoms with Crippen LogP contribution in [0.2, 0.25) is 0 Å². The number of benzene rings is 2. The van der Waals surface area contributed by atoms with Crippen molar-refractivity contribution in [1.82, 2.24) is 9.80 Å². The number of rotatable bonds is 4. The Hall–Kier alpha value is -3.30. The van der Waals surface area contributed by atoms with Crippen molar-refractivity contribution in [3.63, 3.8) is 0 Å². The van der Waals surface area contributed by atoms with Gasteiger partial charge >= 0.3 is 0 Å². The van der Waals surface area contributed by atoms with Crippen LogP contribution < -0.4 is 5.14 Å². The van der Waals surface area contributed by atoms with E-state index in [4.69, 9.17) is 5.14 Å². The molecule has 0 bridgehead atoms. The van der Waals surface area contributed by atoms with Crippen LogP contribution in [-0.4, -0.2) is 42.0 Å². The third-order valence-corrected chi connectivity index (χ3v) is 5.89. The molecule has 3 amide bonds. The molecule has 2 atom stereocenters. The van der Waals surface area contributed by atoms with Gasteiger partial charge in [0.05, 0.1) is 22.1 Å². The maximum absolute atomic E-state index is 12.8. The third kappa shape index (κ3) is 2.48. The van der Waals surface area contributed by atoms with E-state index in [0.717, 1.165) is 4.90 Å². The van der Waals surface area contributed by atoms with E-state index in [1.807, 2.05) is 0 Å². The number of hydrogen-bond acceptors (Lipinski definition) is 5. The van der Waals surface area contributed by atoms with Gasteiger partial charge < -0.3 is 4.90 Å². The standard InChI is InChI=1S/C19H15N3O5S/c1-2-21-15(11-7-9-12(10-8-11)28(20,26)27)16(19(21)25)22-17(23)13-5-3-4-6-14(13)18(22)24/h2-10,15-16H,1H2,(H2,20,26,27)/t15-,16+/m1/s1. The number of sulfonamides is 1. The van der Waals surface area contributed by atoms with Crippen LogP contribution in [0.1, 0.15) is 32.3 Å². The molecular formula is C19H15N3O5S. The fraction of sp³-hybridized carbons (Fsp3) is 0.105. The Kier molecular flexibility index (Phi) is 3.95. The molecule has 2 aliphatic heterocycles. The topological polar surface area (TPSA) is 118 Å². The summed E-state index contributed by atoms with van der Waals surface area (Å²) < 4.78 is 22.9. The Balaban J connectivity index is 1.73. The number of imide groups is 1. The number of fused-ring (bicyclic) bond motifs is 1. The number of carbonyl (C=O) groups is 3. The molecule has 2 aliphatic rings. The van der Waals surface area contributed by atoms with Crippen molar-refractivity contribution in [2.75, 3.05) is 0 Å². The minimum absolute atomic E-state index is 0.0793. The first kappa shape index (κ1) is 18.1. The van der Waals surface area contributed by atoms with Crippen LogP contribution in [-0.2, 0) is 14.8 Å². The summed E-state index contributed by atoms with van der Waals surface area (Å²) in [5.74, 6) is -1.51. The highest BCUT2D eigenvalue weighted by molar-refractivity contribution is 7.89. The van der Waals surface area contributed by atoms with Crippen LogP contribution in [0.25, 0.3) is 0 Å². The zero-order valence-corrected chi connectivity index (χ0v) is 15.3. The number of likely N-dealkylation sites (tertiary alicyclic amines) is 1. The summed E-state index contributed by atoms with van der Waals surface area (Å²) in [6.45, 7) is 3.61. The van der Waals surface area contributed by atoms with Crippen LogP contribution >= 0.6 is 0 Å². The Morgan fingerprint density at radius 3 is 1.89 bits per heavy atom. The number of carbonyl (C=O) groups excluding carboxylic acids is 3. The predicted octanol–water partition coefficient (Wildman–Crippen LogP) is 1.03. The van der Waals surface area contributed by atoms with Crippen LogP contribution in [0.3, 0.4) is 0 Å². The third-order valence-electron chi connectivity index (χ3n) is 4.96. The van der Waals surface area contributed by atoms with Gasteiger partial charge in [0.25, 0.3) is 17.7 Å². The fourth-order valence-corrected chi connectivity index (χ4v) is 4.12. The first-order valence-electron chi connectivity index (χ1n) is 8.30. The summed E-state index contributed by atoms with van der Waals surface area (Å²) in [4.78, 5) is 40.3. The minimum Gasteiger partial charge on any atom is -0.308 e. The number of nitrogens with zero attached hydrogens (tertiary/aromatic N) is 2. The first-order chi connectivity index (χ1) is 13.3. The zero-order chi connectivity index (χ0) is 20.2. The number of primary sulfonamides is 1. The lowest BCUT2D eigenvalue weighted by Crippen LogP contribution is -2.64. The number of hydrogen-bond donors (Lipinski definition) is 1. The molecule has 142 valence electrons. The second kappa shape index (κ2) is 6.11. The summed E-state index contributed by atoms with van der Waals surface area (Å²) in [5, 5.41) is 5.11. The molecule has 2 aromatic rings. The fourth-order valence-electron chi connectivity index (χ4n) is 3.61. The molecule has 2 aromatic carbocycles. The lowest BCUT2D eigenvalue weighted by atomic mass is 9.87. The van der Waals surface area contributed by atoms with Crippen LogP contribution in [0, 0.1) is 0 Å². The lowest BCUT2D eigenvalue weighted by molar-refractivity contribution is -0.150. The van der Waals surface area contributed by atoms with Gasteiger partial charge in [0.15, 0.2) is 0 Å². The Morgan fingerprint density at radius 2 is 1.43 bits per heavy atom. The van der Waals surface area contributed by atoms with Gasteiger partial charge in [0.2, 0.25) is 10.0 Å². The van der Waals surface area contributed by atoms with Gasteiger partial charge in [-0.25, -0.2) is 13.6 Å². The molecule has 2 heterocycles. The van der Waals surface area contributed by atoms with Crippen molar-refractivity contribution in [3.8, 4) is 0 Å². The second-order valence-electron chi connectivity index (χ2n) is 6.46. The monoisotopic (exact) mass is 397 g/mol. The summed E-state index contributed by atoms with van der Waals surface area (Å²) >= 11 is 0. The maximum atomic E-state index is 12.8. The van der Waals surface area contributed by atoms with Gasteiger partial charge in [-0.3, -0.25) is 19.3 Å². The van der Waals surface area contributed by atoms with E-state index in [1.165, 1.54) is 35.4 Å².